The normalized spacial score (nSPS) is 22.1. The first-order chi connectivity index (χ1) is 7.77. The van der Waals surface area contributed by atoms with E-state index < -0.39 is 6.09 Å². The van der Waals surface area contributed by atoms with E-state index in [4.69, 9.17) is 9.57 Å². The van der Waals surface area contributed by atoms with E-state index in [1.165, 1.54) is 0 Å². The molecule has 0 radical (unpaired) electrons. The molecule has 2 rings (SSSR count). The van der Waals surface area contributed by atoms with E-state index in [1.807, 2.05) is 0 Å². The van der Waals surface area contributed by atoms with Gasteiger partial charge >= 0.3 is 6.09 Å². The van der Waals surface area contributed by atoms with Crippen molar-refractivity contribution in [1.82, 2.24) is 9.96 Å². The molecule has 2 aliphatic rings. The molecule has 0 N–H and O–H groups in total. The fraction of sp³-hybridized carbons (Fsp3) is 0.800. The second-order valence-corrected chi connectivity index (χ2v) is 3.95. The van der Waals surface area contributed by atoms with Crippen LogP contribution in [0, 0.1) is 0 Å². The molecular weight excluding hydrogens is 212 g/mol. The van der Waals surface area contributed by atoms with Crippen LogP contribution < -0.4 is 0 Å². The van der Waals surface area contributed by atoms with Crippen LogP contribution in [0.1, 0.15) is 19.3 Å². The summed E-state index contributed by atoms with van der Waals surface area (Å²) in [5.41, 5.74) is 0. The predicted molar refractivity (Wildman–Crippen MR) is 54.4 cm³/mol. The molecule has 0 spiro atoms. The van der Waals surface area contributed by atoms with E-state index in [9.17, 15) is 9.59 Å². The molecule has 2 fully saturated rings. The molecule has 6 nitrogen and oxygen atoms in total. The van der Waals surface area contributed by atoms with Crippen LogP contribution in [0.4, 0.5) is 4.79 Å². The number of ether oxygens (including phenoxy) is 1. The molecule has 0 atom stereocenters. The summed E-state index contributed by atoms with van der Waals surface area (Å²) in [6.07, 6.45) is 2.74. The van der Waals surface area contributed by atoms with Gasteiger partial charge in [0.1, 0.15) is 6.61 Å². The highest BCUT2D eigenvalue weighted by molar-refractivity contribution is 5.79. The van der Waals surface area contributed by atoms with E-state index in [0.29, 0.717) is 13.2 Å². The van der Waals surface area contributed by atoms with Gasteiger partial charge in [0.2, 0.25) is 0 Å². The summed E-state index contributed by atoms with van der Waals surface area (Å²) >= 11 is 0. The Morgan fingerprint density at radius 2 is 1.94 bits per heavy atom. The average Bonchev–Trinajstić information content (AvgIpc) is 2.33. The van der Waals surface area contributed by atoms with Crippen molar-refractivity contribution in [1.29, 1.82) is 0 Å². The van der Waals surface area contributed by atoms with Crippen molar-refractivity contribution in [3.8, 4) is 0 Å². The molecule has 0 aromatic heterocycles. The van der Waals surface area contributed by atoms with Crippen LogP contribution in [-0.4, -0.2) is 54.8 Å². The second kappa shape index (κ2) is 5.16. The van der Waals surface area contributed by atoms with E-state index >= 15 is 0 Å². The van der Waals surface area contributed by atoms with Crippen LogP contribution in [0.5, 0.6) is 0 Å². The lowest BCUT2D eigenvalue weighted by atomic mass is 10.1. The number of amides is 2. The molecule has 90 valence electrons. The van der Waals surface area contributed by atoms with Crippen molar-refractivity contribution in [2.24, 2.45) is 0 Å². The first kappa shape index (κ1) is 11.2. The van der Waals surface area contributed by atoms with E-state index in [1.54, 1.807) is 4.90 Å². The molecule has 0 bridgehead atoms. The van der Waals surface area contributed by atoms with Gasteiger partial charge in [0.15, 0.2) is 0 Å². The van der Waals surface area contributed by atoms with Crippen LogP contribution in [0.15, 0.2) is 0 Å². The Labute approximate surface area is 94.0 Å². The summed E-state index contributed by atoms with van der Waals surface area (Å²) in [6, 6.07) is 0. The predicted octanol–water partition coefficient (Wildman–Crippen LogP) is 0.383. The standard InChI is InChI=1S/C10H16N2O4/c13-9-8-15-7-6-12(9)16-10(14)11-4-2-1-3-5-11/h1-8H2. The number of hydrogen-bond donors (Lipinski definition) is 0. The van der Waals surface area contributed by atoms with Crippen molar-refractivity contribution in [3.05, 3.63) is 0 Å². The second-order valence-electron chi connectivity index (χ2n) is 3.95. The van der Waals surface area contributed by atoms with Gasteiger partial charge in [-0.25, -0.2) is 4.79 Å². The third kappa shape index (κ3) is 2.63. The number of nitrogens with zero attached hydrogens (tertiary/aromatic N) is 2. The summed E-state index contributed by atoms with van der Waals surface area (Å²) in [5, 5.41) is 1.10. The quantitative estimate of drug-likeness (QED) is 0.651. The zero-order chi connectivity index (χ0) is 11.4. The van der Waals surface area contributed by atoms with Gasteiger partial charge in [0.05, 0.1) is 13.2 Å². The molecule has 0 aromatic carbocycles. The number of hydrogen-bond acceptors (Lipinski definition) is 4. The summed E-state index contributed by atoms with van der Waals surface area (Å²) in [7, 11) is 0. The molecule has 0 aliphatic carbocycles. The topological polar surface area (TPSA) is 59.1 Å². The third-order valence-corrected chi connectivity index (χ3v) is 2.74. The SMILES string of the molecule is O=C(ON1CCOCC1=O)N1CCCCC1. The smallest absolute Gasteiger partial charge is 0.370 e. The number of carbonyl (C=O) groups excluding carboxylic acids is 2. The summed E-state index contributed by atoms with van der Waals surface area (Å²) in [6.45, 7) is 2.17. The van der Waals surface area contributed by atoms with Gasteiger partial charge in [-0.2, -0.15) is 5.06 Å². The Bertz CT molecular complexity index is 276. The lowest BCUT2D eigenvalue weighted by Crippen LogP contribution is -2.46. The van der Waals surface area contributed by atoms with Crippen LogP contribution in [0.3, 0.4) is 0 Å². The Morgan fingerprint density at radius 1 is 1.19 bits per heavy atom. The van der Waals surface area contributed by atoms with Gasteiger partial charge in [-0.1, -0.05) is 0 Å². The number of carbonyl (C=O) groups is 2. The molecular formula is C10H16N2O4. The maximum absolute atomic E-state index is 11.7. The average molecular weight is 228 g/mol. The molecule has 0 aromatic rings. The molecule has 2 heterocycles. The van der Waals surface area contributed by atoms with Crippen LogP contribution in [0.25, 0.3) is 0 Å². The number of hydroxylamine groups is 2. The maximum Gasteiger partial charge on any atom is 0.434 e. The molecule has 16 heavy (non-hydrogen) atoms. The Morgan fingerprint density at radius 3 is 2.62 bits per heavy atom. The van der Waals surface area contributed by atoms with Crippen molar-refractivity contribution in [3.63, 3.8) is 0 Å². The zero-order valence-electron chi connectivity index (χ0n) is 9.18. The largest absolute Gasteiger partial charge is 0.434 e. The first-order valence-electron chi connectivity index (χ1n) is 5.62. The highest BCUT2D eigenvalue weighted by Gasteiger charge is 2.26. The van der Waals surface area contributed by atoms with E-state index in [2.05, 4.69) is 0 Å². The van der Waals surface area contributed by atoms with Gasteiger partial charge in [0.25, 0.3) is 5.91 Å². The van der Waals surface area contributed by atoms with Crippen LogP contribution >= 0.6 is 0 Å². The Hall–Kier alpha value is -1.30. The van der Waals surface area contributed by atoms with Crippen LogP contribution in [-0.2, 0) is 14.4 Å². The van der Waals surface area contributed by atoms with Gasteiger partial charge in [0, 0.05) is 13.1 Å². The molecule has 0 saturated carbocycles. The monoisotopic (exact) mass is 228 g/mol. The third-order valence-electron chi connectivity index (χ3n) is 2.74. The summed E-state index contributed by atoms with van der Waals surface area (Å²) in [5.74, 6) is -0.295. The van der Waals surface area contributed by atoms with Crippen molar-refractivity contribution in [2.75, 3.05) is 32.8 Å². The molecule has 2 aliphatic heterocycles. The number of piperidine rings is 1. The van der Waals surface area contributed by atoms with Crippen LogP contribution in [0.2, 0.25) is 0 Å². The lowest BCUT2D eigenvalue weighted by molar-refractivity contribution is -0.186. The van der Waals surface area contributed by atoms with Crippen molar-refractivity contribution in [2.45, 2.75) is 19.3 Å². The summed E-state index contributed by atoms with van der Waals surface area (Å²) in [4.78, 5) is 29.7. The van der Waals surface area contributed by atoms with Crippen molar-refractivity contribution >= 4 is 12.0 Å². The number of rotatable bonds is 1. The highest BCUT2D eigenvalue weighted by atomic mass is 16.7. The Balaban J connectivity index is 1.83. The fourth-order valence-corrected chi connectivity index (χ4v) is 1.83. The molecule has 2 saturated heterocycles. The lowest BCUT2D eigenvalue weighted by Gasteiger charge is -2.30. The zero-order valence-corrected chi connectivity index (χ0v) is 9.18. The molecule has 6 heteroatoms. The fourth-order valence-electron chi connectivity index (χ4n) is 1.83. The van der Waals surface area contributed by atoms with E-state index in [0.717, 1.165) is 37.4 Å². The van der Waals surface area contributed by atoms with Gasteiger partial charge in [-0.15, -0.1) is 0 Å². The maximum atomic E-state index is 11.7. The Kier molecular flexibility index (Phi) is 3.61. The van der Waals surface area contributed by atoms with E-state index in [-0.39, 0.29) is 12.5 Å². The molecule has 0 unspecified atom stereocenters. The number of morpholine rings is 1. The van der Waals surface area contributed by atoms with Gasteiger partial charge in [-0.05, 0) is 19.3 Å². The minimum atomic E-state index is -0.421. The highest BCUT2D eigenvalue weighted by Crippen LogP contribution is 2.11. The van der Waals surface area contributed by atoms with Crippen molar-refractivity contribution < 1.29 is 19.2 Å². The first-order valence-corrected chi connectivity index (χ1v) is 5.62. The minimum Gasteiger partial charge on any atom is -0.370 e. The van der Waals surface area contributed by atoms with Gasteiger partial charge < -0.3 is 14.5 Å². The molecule has 2 amide bonds. The minimum absolute atomic E-state index is 0.00667. The van der Waals surface area contributed by atoms with Gasteiger partial charge in [-0.3, -0.25) is 4.79 Å². The summed E-state index contributed by atoms with van der Waals surface area (Å²) < 4.78 is 4.94. The number of likely N-dealkylation sites (tertiary alicyclic amines) is 1.